The molecule has 1 fully saturated rings. The Labute approximate surface area is 131 Å². The quantitative estimate of drug-likeness (QED) is 0.562. The first kappa shape index (κ1) is 16.2. The second-order valence-corrected chi connectivity index (χ2v) is 6.64. The van der Waals surface area contributed by atoms with Gasteiger partial charge in [0, 0.05) is 5.56 Å². The first-order valence-corrected chi connectivity index (χ1v) is 8.83. The average molecular weight is 282 g/mol. The van der Waals surface area contributed by atoms with Crippen LogP contribution in [0.3, 0.4) is 0 Å². The second-order valence-electron chi connectivity index (χ2n) is 6.64. The smallest absolute Gasteiger partial charge is 0.0245 e. The van der Waals surface area contributed by atoms with Crippen molar-refractivity contribution in [2.45, 2.75) is 71.6 Å². The molecule has 0 amide bonds. The third-order valence-electron chi connectivity index (χ3n) is 5.00. The van der Waals surface area contributed by atoms with Gasteiger partial charge in [0.25, 0.3) is 0 Å². The highest BCUT2D eigenvalue weighted by molar-refractivity contribution is 5.35. The molecule has 0 heteroatoms. The normalized spacial score (nSPS) is 21.6. The van der Waals surface area contributed by atoms with E-state index in [9.17, 15) is 0 Å². The van der Waals surface area contributed by atoms with Crippen molar-refractivity contribution >= 4 is 0 Å². The lowest BCUT2D eigenvalue weighted by molar-refractivity contribution is 0.250. The molecule has 0 saturated heterocycles. The largest absolute Gasteiger partial charge is 0.101 e. The van der Waals surface area contributed by atoms with Crippen molar-refractivity contribution in [3.8, 4) is 11.8 Å². The first-order chi connectivity index (χ1) is 10.3. The van der Waals surface area contributed by atoms with Crippen molar-refractivity contribution < 1.29 is 0 Å². The predicted molar refractivity (Wildman–Crippen MR) is 92.3 cm³/mol. The minimum absolute atomic E-state index is 0.970. The average Bonchev–Trinajstić information content (AvgIpc) is 2.53. The third-order valence-corrected chi connectivity index (χ3v) is 5.00. The van der Waals surface area contributed by atoms with Gasteiger partial charge in [-0.3, -0.25) is 0 Å². The molecule has 0 nitrogen and oxygen atoms in total. The maximum atomic E-state index is 3.11. The number of unbranched alkanes of at least 4 members (excludes halogenated alkanes) is 1. The molecule has 21 heavy (non-hydrogen) atoms. The van der Waals surface area contributed by atoms with Crippen molar-refractivity contribution in [1.29, 1.82) is 0 Å². The monoisotopic (exact) mass is 282 g/mol. The molecule has 0 aliphatic heterocycles. The highest BCUT2D eigenvalue weighted by atomic mass is 14.3. The molecule has 0 atom stereocenters. The molecular formula is C21H30. The first-order valence-electron chi connectivity index (χ1n) is 8.83. The highest BCUT2D eigenvalue weighted by Crippen LogP contribution is 2.34. The van der Waals surface area contributed by atoms with Crippen LogP contribution in [-0.2, 0) is 6.42 Å². The van der Waals surface area contributed by atoms with E-state index in [0.717, 1.165) is 17.4 Å². The third kappa shape index (κ3) is 5.58. The van der Waals surface area contributed by atoms with Crippen molar-refractivity contribution in [1.82, 2.24) is 0 Å². The van der Waals surface area contributed by atoms with Gasteiger partial charge >= 0.3 is 0 Å². The van der Waals surface area contributed by atoms with E-state index in [0.29, 0.717) is 0 Å². The summed E-state index contributed by atoms with van der Waals surface area (Å²) in [6.07, 6.45) is 12.8. The van der Waals surface area contributed by atoms with Crippen LogP contribution in [0.25, 0.3) is 0 Å². The molecule has 2 rings (SSSR count). The lowest BCUT2D eigenvalue weighted by Gasteiger charge is -2.28. The standard InChI is InChI=1S/C21H30/c1-3-5-7-19-10-14-21(15-11-19)17-16-20-12-8-18(6-4-2)9-13-20/h8-9,12-13,19,21H,3,5,7,10-11,14-17H2,1-2H3. The van der Waals surface area contributed by atoms with Crippen LogP contribution >= 0.6 is 0 Å². The fourth-order valence-electron chi connectivity index (χ4n) is 3.57. The molecular weight excluding hydrogens is 252 g/mol. The van der Waals surface area contributed by atoms with Gasteiger partial charge in [-0.1, -0.05) is 69.9 Å². The molecule has 1 aromatic carbocycles. The molecule has 0 N–H and O–H groups in total. The Morgan fingerprint density at radius 2 is 1.57 bits per heavy atom. The predicted octanol–water partition coefficient (Wildman–Crippen LogP) is 5.99. The summed E-state index contributed by atoms with van der Waals surface area (Å²) >= 11 is 0. The molecule has 1 saturated carbocycles. The zero-order valence-electron chi connectivity index (χ0n) is 13.8. The van der Waals surface area contributed by atoms with Crippen molar-refractivity contribution in [2.24, 2.45) is 11.8 Å². The van der Waals surface area contributed by atoms with Gasteiger partial charge in [-0.2, -0.15) is 0 Å². The van der Waals surface area contributed by atoms with Gasteiger partial charge in [0.05, 0.1) is 0 Å². The van der Waals surface area contributed by atoms with Crippen molar-refractivity contribution in [2.75, 3.05) is 0 Å². The topological polar surface area (TPSA) is 0 Å². The summed E-state index contributed by atoms with van der Waals surface area (Å²) in [6, 6.07) is 8.83. The van der Waals surface area contributed by atoms with Crippen LogP contribution in [0.4, 0.5) is 0 Å². The van der Waals surface area contributed by atoms with Crippen LogP contribution in [-0.4, -0.2) is 0 Å². The molecule has 0 heterocycles. The molecule has 0 aromatic heterocycles. The molecule has 0 unspecified atom stereocenters. The lowest BCUT2D eigenvalue weighted by Crippen LogP contribution is -2.15. The summed E-state index contributed by atoms with van der Waals surface area (Å²) < 4.78 is 0. The second kappa shape index (κ2) is 8.93. The summed E-state index contributed by atoms with van der Waals surface area (Å²) in [5, 5.41) is 0. The molecule has 0 spiro atoms. The van der Waals surface area contributed by atoms with E-state index in [4.69, 9.17) is 0 Å². The highest BCUT2D eigenvalue weighted by Gasteiger charge is 2.20. The van der Waals surface area contributed by atoms with Crippen LogP contribution in [0, 0.1) is 23.7 Å². The summed E-state index contributed by atoms with van der Waals surface area (Å²) in [6.45, 7) is 4.20. The molecule has 1 aromatic rings. The van der Waals surface area contributed by atoms with Crippen molar-refractivity contribution in [3.05, 3.63) is 35.4 Å². The Morgan fingerprint density at radius 1 is 0.952 bits per heavy atom. The van der Waals surface area contributed by atoms with Crippen LogP contribution in [0.15, 0.2) is 24.3 Å². The summed E-state index contributed by atoms with van der Waals surface area (Å²) in [5.41, 5.74) is 2.61. The van der Waals surface area contributed by atoms with E-state index in [1.165, 1.54) is 63.4 Å². The van der Waals surface area contributed by atoms with Crippen molar-refractivity contribution in [3.63, 3.8) is 0 Å². The number of hydrogen-bond donors (Lipinski definition) is 0. The van der Waals surface area contributed by atoms with Crippen LogP contribution in [0.2, 0.25) is 0 Å². The van der Waals surface area contributed by atoms with E-state index in [-0.39, 0.29) is 0 Å². The van der Waals surface area contributed by atoms with Crippen LogP contribution in [0.1, 0.15) is 76.3 Å². The fraction of sp³-hybridized carbons (Fsp3) is 0.619. The number of rotatable bonds is 6. The number of aryl methyl sites for hydroxylation is 1. The van der Waals surface area contributed by atoms with Gasteiger partial charge in [0.15, 0.2) is 0 Å². The van der Waals surface area contributed by atoms with Crippen LogP contribution in [0.5, 0.6) is 0 Å². The Morgan fingerprint density at radius 3 is 2.14 bits per heavy atom. The van der Waals surface area contributed by atoms with Gasteiger partial charge in [-0.15, -0.1) is 5.92 Å². The maximum absolute atomic E-state index is 3.11. The molecule has 1 aliphatic carbocycles. The Balaban J connectivity index is 1.70. The molecule has 114 valence electrons. The molecule has 0 radical (unpaired) electrons. The summed E-state index contributed by atoms with van der Waals surface area (Å²) in [4.78, 5) is 0. The minimum atomic E-state index is 0.970. The van der Waals surface area contributed by atoms with Gasteiger partial charge < -0.3 is 0 Å². The zero-order chi connectivity index (χ0) is 14.9. The van der Waals surface area contributed by atoms with Crippen LogP contribution < -0.4 is 0 Å². The lowest BCUT2D eigenvalue weighted by atomic mass is 9.78. The molecule has 1 aliphatic rings. The van der Waals surface area contributed by atoms with Gasteiger partial charge in [-0.25, -0.2) is 0 Å². The van der Waals surface area contributed by atoms with Gasteiger partial charge in [0.2, 0.25) is 0 Å². The Kier molecular flexibility index (Phi) is 6.87. The minimum Gasteiger partial charge on any atom is -0.101 e. The Bertz CT molecular complexity index is 449. The molecule has 0 bridgehead atoms. The maximum Gasteiger partial charge on any atom is 0.0245 e. The summed E-state index contributed by atoms with van der Waals surface area (Å²) in [7, 11) is 0. The fourth-order valence-corrected chi connectivity index (χ4v) is 3.57. The van der Waals surface area contributed by atoms with E-state index >= 15 is 0 Å². The zero-order valence-corrected chi connectivity index (χ0v) is 13.8. The van der Waals surface area contributed by atoms with Gasteiger partial charge in [-0.05, 0) is 49.3 Å². The number of benzene rings is 1. The van der Waals surface area contributed by atoms with E-state index in [2.05, 4.69) is 43.0 Å². The SMILES string of the molecule is CC#Cc1ccc(CCC2CCC(CCCC)CC2)cc1. The Hall–Kier alpha value is -1.22. The van der Waals surface area contributed by atoms with Gasteiger partial charge in [0.1, 0.15) is 0 Å². The van der Waals surface area contributed by atoms with E-state index in [1.54, 1.807) is 0 Å². The van der Waals surface area contributed by atoms with E-state index < -0.39 is 0 Å². The number of hydrogen-bond acceptors (Lipinski definition) is 0. The van der Waals surface area contributed by atoms with E-state index in [1.807, 2.05) is 6.92 Å². The summed E-state index contributed by atoms with van der Waals surface area (Å²) in [5.74, 6) is 8.07.